The average Bonchev–Trinajstić information content (AvgIpc) is 1.99. The summed E-state index contributed by atoms with van der Waals surface area (Å²) in [5, 5.41) is 0. The Morgan fingerprint density at radius 3 is 1.31 bits per heavy atom. The summed E-state index contributed by atoms with van der Waals surface area (Å²) in [5.41, 5.74) is 9.77. The molecule has 2 N–H and O–H groups in total. The van der Waals surface area contributed by atoms with Gasteiger partial charge in [-0.25, -0.2) is 0 Å². The van der Waals surface area contributed by atoms with Crippen molar-refractivity contribution in [3.8, 4) is 0 Å². The molecule has 1 aromatic carbocycles. The minimum absolute atomic E-state index is 0. The Kier molecular flexibility index (Phi) is 4.87. The summed E-state index contributed by atoms with van der Waals surface area (Å²) in [4.78, 5) is 0. The van der Waals surface area contributed by atoms with Gasteiger partial charge in [-0.3, -0.25) is 0 Å². The van der Waals surface area contributed by atoms with Gasteiger partial charge in [-0.15, -0.1) is 24.0 Å². The fourth-order valence-electron chi connectivity index (χ4n) is 1.52. The maximum atomic E-state index is 5.95. The molecule has 0 spiro atoms. The molecule has 0 heterocycles. The average molecular weight is 333 g/mol. The smallest absolute Gasteiger partial charge is 0.0319 e. The van der Waals surface area contributed by atoms with Crippen molar-refractivity contribution < 1.29 is 0 Å². The fraction of sp³-hybridized carbons (Fsp3) is 0.571. The Morgan fingerprint density at radius 1 is 0.750 bits per heavy atom. The molecule has 0 amide bonds. The van der Waals surface area contributed by atoms with E-state index in [0.717, 1.165) is 5.69 Å². The van der Waals surface area contributed by atoms with E-state index in [2.05, 4.69) is 59.7 Å². The van der Waals surface area contributed by atoms with Crippen LogP contribution >= 0.6 is 24.0 Å². The first-order valence-corrected chi connectivity index (χ1v) is 5.52. The van der Waals surface area contributed by atoms with Crippen molar-refractivity contribution in [3.63, 3.8) is 0 Å². The van der Waals surface area contributed by atoms with Gasteiger partial charge in [-0.1, -0.05) is 47.6 Å². The molecule has 0 aliphatic heterocycles. The van der Waals surface area contributed by atoms with Gasteiger partial charge in [0.25, 0.3) is 0 Å². The third-order valence-corrected chi connectivity index (χ3v) is 2.69. The second-order valence-electron chi connectivity index (χ2n) is 6.34. The largest absolute Gasteiger partial charge is 0.399 e. The molecule has 0 aliphatic rings. The number of hydrogen-bond donors (Lipinski definition) is 1. The van der Waals surface area contributed by atoms with Crippen molar-refractivity contribution in [1.29, 1.82) is 0 Å². The zero-order chi connectivity index (χ0) is 11.9. The first-order chi connectivity index (χ1) is 6.60. The van der Waals surface area contributed by atoms with Crippen molar-refractivity contribution >= 4 is 29.7 Å². The normalized spacial score (nSPS) is 12.1. The van der Waals surface area contributed by atoms with Crippen molar-refractivity contribution in [1.82, 2.24) is 0 Å². The van der Waals surface area contributed by atoms with E-state index in [9.17, 15) is 0 Å². The topological polar surface area (TPSA) is 26.0 Å². The zero-order valence-electron chi connectivity index (χ0n) is 11.2. The van der Waals surface area contributed by atoms with Crippen LogP contribution in [0.4, 0.5) is 5.69 Å². The van der Waals surface area contributed by atoms with Crippen LogP contribution in [0.25, 0.3) is 0 Å². The van der Waals surface area contributed by atoms with Gasteiger partial charge in [-0.2, -0.15) is 0 Å². The van der Waals surface area contributed by atoms with Crippen LogP contribution in [-0.2, 0) is 10.8 Å². The standard InChI is InChI=1S/C14H23N.HI/c1-13(2,3)10-7-11(14(4,5)6)9-12(15)8-10;/h7-9H,15H2,1-6H3;1H. The van der Waals surface area contributed by atoms with Crippen LogP contribution in [0.5, 0.6) is 0 Å². The van der Waals surface area contributed by atoms with Gasteiger partial charge in [-0.05, 0) is 34.1 Å². The number of rotatable bonds is 0. The Bertz CT molecular complexity index is 324. The molecule has 0 bridgehead atoms. The SMILES string of the molecule is CC(C)(C)c1cc(N)cc(C(C)(C)C)c1.I. The van der Waals surface area contributed by atoms with E-state index in [4.69, 9.17) is 5.73 Å². The minimum atomic E-state index is 0. The lowest BCUT2D eigenvalue weighted by Crippen LogP contribution is -2.16. The molecule has 0 aromatic heterocycles. The van der Waals surface area contributed by atoms with Crippen molar-refractivity contribution in [2.45, 2.75) is 52.4 Å². The lowest BCUT2D eigenvalue weighted by atomic mass is 9.80. The summed E-state index contributed by atoms with van der Waals surface area (Å²) < 4.78 is 0. The number of anilines is 1. The molecular weight excluding hydrogens is 309 g/mol. The van der Waals surface area contributed by atoms with E-state index in [0.29, 0.717) is 0 Å². The molecule has 1 rings (SSSR count). The highest BCUT2D eigenvalue weighted by molar-refractivity contribution is 14.0. The van der Waals surface area contributed by atoms with E-state index in [1.807, 2.05) is 0 Å². The van der Waals surface area contributed by atoms with Gasteiger partial charge in [0.2, 0.25) is 0 Å². The Balaban J connectivity index is 0.00000225. The van der Waals surface area contributed by atoms with Crippen molar-refractivity contribution in [3.05, 3.63) is 29.3 Å². The highest BCUT2D eigenvalue weighted by Crippen LogP contribution is 2.30. The molecule has 2 heteroatoms. The van der Waals surface area contributed by atoms with Crippen LogP contribution in [0, 0.1) is 0 Å². The van der Waals surface area contributed by atoms with Crippen LogP contribution in [0.1, 0.15) is 52.7 Å². The molecule has 0 saturated carbocycles. The maximum absolute atomic E-state index is 5.95. The van der Waals surface area contributed by atoms with Crippen LogP contribution in [0.2, 0.25) is 0 Å². The molecule has 0 radical (unpaired) electrons. The fourth-order valence-corrected chi connectivity index (χ4v) is 1.52. The Hall–Kier alpha value is -0.250. The molecule has 0 unspecified atom stereocenters. The third-order valence-electron chi connectivity index (χ3n) is 2.69. The number of nitrogens with two attached hydrogens (primary N) is 1. The second-order valence-corrected chi connectivity index (χ2v) is 6.34. The maximum Gasteiger partial charge on any atom is 0.0319 e. The molecule has 0 saturated heterocycles. The van der Waals surface area contributed by atoms with Gasteiger partial charge in [0.1, 0.15) is 0 Å². The summed E-state index contributed by atoms with van der Waals surface area (Å²) in [6, 6.07) is 6.43. The third kappa shape index (κ3) is 3.96. The molecular formula is C14H24IN. The molecule has 1 nitrogen and oxygen atoms in total. The van der Waals surface area contributed by atoms with Crippen molar-refractivity contribution in [2.24, 2.45) is 0 Å². The summed E-state index contributed by atoms with van der Waals surface area (Å²) in [6.07, 6.45) is 0. The Morgan fingerprint density at radius 2 is 1.06 bits per heavy atom. The van der Waals surface area contributed by atoms with Gasteiger partial charge >= 0.3 is 0 Å². The molecule has 92 valence electrons. The molecule has 1 aromatic rings. The predicted octanol–water partition coefficient (Wildman–Crippen LogP) is 4.48. The van der Waals surface area contributed by atoms with E-state index < -0.39 is 0 Å². The lowest BCUT2D eigenvalue weighted by Gasteiger charge is -2.25. The molecule has 0 aliphatic carbocycles. The van der Waals surface area contributed by atoms with Crippen LogP contribution < -0.4 is 5.73 Å². The minimum Gasteiger partial charge on any atom is -0.399 e. The first kappa shape index (κ1) is 15.8. The highest BCUT2D eigenvalue weighted by atomic mass is 127. The number of halogens is 1. The summed E-state index contributed by atoms with van der Waals surface area (Å²) in [6.45, 7) is 13.3. The molecule has 0 fully saturated rings. The lowest BCUT2D eigenvalue weighted by molar-refractivity contribution is 0.569. The summed E-state index contributed by atoms with van der Waals surface area (Å²) in [5.74, 6) is 0. The van der Waals surface area contributed by atoms with Crippen molar-refractivity contribution in [2.75, 3.05) is 5.73 Å². The monoisotopic (exact) mass is 333 g/mol. The quantitative estimate of drug-likeness (QED) is 0.550. The first-order valence-electron chi connectivity index (χ1n) is 5.52. The summed E-state index contributed by atoms with van der Waals surface area (Å²) >= 11 is 0. The van der Waals surface area contributed by atoms with Crippen LogP contribution in [0.15, 0.2) is 18.2 Å². The number of benzene rings is 1. The van der Waals surface area contributed by atoms with Gasteiger partial charge in [0.15, 0.2) is 0 Å². The number of nitrogen functional groups attached to an aromatic ring is 1. The predicted molar refractivity (Wildman–Crippen MR) is 83.7 cm³/mol. The van der Waals surface area contributed by atoms with Crippen LogP contribution in [-0.4, -0.2) is 0 Å². The highest BCUT2D eigenvalue weighted by Gasteiger charge is 2.19. The van der Waals surface area contributed by atoms with E-state index in [1.54, 1.807) is 0 Å². The van der Waals surface area contributed by atoms with Gasteiger partial charge < -0.3 is 5.73 Å². The van der Waals surface area contributed by atoms with Crippen LogP contribution in [0.3, 0.4) is 0 Å². The molecule has 0 atom stereocenters. The Labute approximate surface area is 117 Å². The summed E-state index contributed by atoms with van der Waals surface area (Å²) in [7, 11) is 0. The zero-order valence-corrected chi connectivity index (χ0v) is 13.5. The van der Waals surface area contributed by atoms with E-state index in [1.165, 1.54) is 11.1 Å². The van der Waals surface area contributed by atoms with Gasteiger partial charge in [0.05, 0.1) is 0 Å². The second kappa shape index (κ2) is 4.94. The van der Waals surface area contributed by atoms with Gasteiger partial charge in [0, 0.05) is 5.69 Å². The van der Waals surface area contributed by atoms with E-state index in [-0.39, 0.29) is 34.8 Å². The molecule has 16 heavy (non-hydrogen) atoms. The number of hydrogen-bond acceptors (Lipinski definition) is 1. The van der Waals surface area contributed by atoms with E-state index >= 15 is 0 Å².